The van der Waals surface area contributed by atoms with Crippen LogP contribution in [0.3, 0.4) is 0 Å². The van der Waals surface area contributed by atoms with Crippen LogP contribution < -0.4 is 0 Å². The van der Waals surface area contributed by atoms with E-state index in [4.69, 9.17) is 21.0 Å². The third-order valence-electron chi connectivity index (χ3n) is 0.947. The third kappa shape index (κ3) is 11.6. The van der Waals surface area contributed by atoms with Gasteiger partial charge in [-0.25, -0.2) is 0 Å². The van der Waals surface area contributed by atoms with E-state index in [1.54, 1.807) is 24.3 Å². The average molecular weight is 347 g/mol. The van der Waals surface area contributed by atoms with Gasteiger partial charge < -0.3 is 0 Å². The molecule has 0 aliphatic carbocycles. The van der Waals surface area contributed by atoms with Crippen LogP contribution in [0.25, 0.3) is 0 Å². The first-order valence-electron chi connectivity index (χ1n) is 3.39. The molecular formula is C8H8CoN4S4+6. The summed E-state index contributed by atoms with van der Waals surface area (Å²) in [5.74, 6) is 0. The van der Waals surface area contributed by atoms with E-state index in [0.717, 1.165) is 0 Å². The molecule has 0 atom stereocenters. The Morgan fingerprint density at radius 2 is 0.765 bits per heavy atom. The maximum absolute atomic E-state index is 8.10. The minimum absolute atomic E-state index is 0. The zero-order valence-electron chi connectivity index (χ0n) is 8.12. The summed E-state index contributed by atoms with van der Waals surface area (Å²) < 4.78 is 0.769. The van der Waals surface area contributed by atoms with Crippen molar-refractivity contribution in [1.29, 1.82) is 21.0 Å². The molecule has 0 saturated carbocycles. The van der Waals surface area contributed by atoms with Crippen LogP contribution >= 0.6 is 0 Å². The molecule has 0 amide bonds. The van der Waals surface area contributed by atoms with Gasteiger partial charge in [0.1, 0.15) is 24.3 Å². The number of nitriles is 4. The van der Waals surface area contributed by atoms with Gasteiger partial charge in [0.2, 0.25) is 11.1 Å². The first kappa shape index (κ1) is 21.6. The van der Waals surface area contributed by atoms with Crippen LogP contribution in [0.2, 0.25) is 0 Å². The van der Waals surface area contributed by atoms with E-state index in [-0.39, 0.29) is 27.9 Å². The van der Waals surface area contributed by atoms with Crippen molar-refractivity contribution in [2.75, 3.05) is 0 Å². The van der Waals surface area contributed by atoms with Crippen LogP contribution in [-0.2, 0) is 67.3 Å². The maximum atomic E-state index is 8.10. The molecule has 0 rings (SSSR count). The monoisotopic (exact) mass is 347 g/mol. The molecule has 0 aromatic rings. The Morgan fingerprint density at radius 1 is 0.588 bits per heavy atom. The Balaban J connectivity index is -0.000000218. The Labute approximate surface area is 131 Å². The summed E-state index contributed by atoms with van der Waals surface area (Å²) in [5, 5.41) is 32.4. The van der Waals surface area contributed by atoms with Gasteiger partial charge in [0, 0.05) is 50.5 Å². The molecule has 0 unspecified atom stereocenters. The van der Waals surface area contributed by atoms with E-state index < -0.39 is 0 Å². The predicted molar refractivity (Wildman–Crippen MR) is 77.1 cm³/mol. The number of nitrogens with zero attached hydrogens (tertiary/aromatic N) is 4. The summed E-state index contributed by atoms with van der Waals surface area (Å²) in [4.78, 5) is 0. The van der Waals surface area contributed by atoms with Crippen LogP contribution in [0, 0.1) is 45.3 Å². The average Bonchev–Trinajstić information content (AvgIpc) is 2.21. The number of allylic oxidation sites excluding steroid dienone is 2. The Bertz CT molecular complexity index is 398. The van der Waals surface area contributed by atoms with Gasteiger partial charge in [-0.1, -0.05) is 0 Å². The smallest absolute Gasteiger partial charge is 0.191 e. The van der Waals surface area contributed by atoms with E-state index in [1.807, 2.05) is 0 Å². The molecule has 4 nitrogen and oxygen atoms in total. The van der Waals surface area contributed by atoms with Gasteiger partial charge in [-0.3, -0.25) is 0 Å². The zero-order valence-corrected chi connectivity index (χ0v) is 13.2. The van der Waals surface area contributed by atoms with Crippen LogP contribution in [0.5, 0.6) is 0 Å². The normalized spacial score (nSPS) is 6.12. The van der Waals surface area contributed by atoms with Crippen molar-refractivity contribution in [3.63, 3.8) is 0 Å². The van der Waals surface area contributed by atoms with Gasteiger partial charge in [0.25, 0.3) is 0 Å². The summed E-state index contributed by atoms with van der Waals surface area (Å²) in [5.41, 5.74) is 0.0802. The SMILES string of the molecule is N#CC(C#N)=C([SH2+])[SH2+].N#CC(C#N)=C([SH2+])[SH2+].[Co+2]. The Kier molecular flexibility index (Phi) is 17.1. The molecule has 0 bridgehead atoms. The third-order valence-corrected chi connectivity index (χ3v) is 1.95. The van der Waals surface area contributed by atoms with Crippen LogP contribution in [0.4, 0.5) is 0 Å². The predicted octanol–water partition coefficient (Wildman–Crippen LogP) is -1.47. The van der Waals surface area contributed by atoms with Gasteiger partial charge in [0.15, 0.2) is 0 Å². The van der Waals surface area contributed by atoms with Gasteiger partial charge in [-0.2, -0.15) is 21.0 Å². The second kappa shape index (κ2) is 13.4. The molecule has 0 N–H and O–H groups in total. The second-order valence-corrected chi connectivity index (χ2v) is 4.95. The van der Waals surface area contributed by atoms with E-state index in [0.29, 0.717) is 8.47 Å². The molecule has 0 aromatic heterocycles. The molecule has 17 heavy (non-hydrogen) atoms. The summed E-state index contributed by atoms with van der Waals surface area (Å²) in [6, 6.07) is 6.69. The molecule has 0 aliphatic rings. The van der Waals surface area contributed by atoms with E-state index >= 15 is 0 Å². The molecule has 0 heterocycles. The molecule has 0 saturated heterocycles. The van der Waals surface area contributed by atoms with Crippen LogP contribution in [0.15, 0.2) is 19.6 Å². The molecule has 0 spiro atoms. The van der Waals surface area contributed by atoms with Crippen molar-refractivity contribution in [2.45, 2.75) is 0 Å². The van der Waals surface area contributed by atoms with Gasteiger partial charge in [0.05, 0.1) is 0 Å². The number of hydrogen-bond acceptors (Lipinski definition) is 4. The number of hydrogen-bond donors (Lipinski definition) is 0. The van der Waals surface area contributed by atoms with E-state index in [9.17, 15) is 0 Å². The fourth-order valence-corrected chi connectivity index (χ4v) is 0.721. The fraction of sp³-hybridized carbons (Fsp3) is 0. The minimum Gasteiger partial charge on any atom is -0.191 e. The Hall–Kier alpha value is -0.654. The van der Waals surface area contributed by atoms with E-state index in [1.165, 1.54) is 0 Å². The van der Waals surface area contributed by atoms with Crippen molar-refractivity contribution >= 4 is 50.5 Å². The quantitative estimate of drug-likeness (QED) is 0.395. The minimum atomic E-state index is 0. The molecule has 0 aliphatic heterocycles. The summed E-state index contributed by atoms with van der Waals surface area (Å²) in [6.07, 6.45) is 0. The molecule has 0 fully saturated rings. The summed E-state index contributed by atoms with van der Waals surface area (Å²) >= 11 is 11.8. The van der Waals surface area contributed by atoms with Gasteiger partial charge in [-0.15, -0.1) is 0 Å². The Morgan fingerprint density at radius 3 is 0.765 bits per heavy atom. The van der Waals surface area contributed by atoms with Crippen molar-refractivity contribution in [3.05, 3.63) is 19.6 Å². The fourth-order valence-electron chi connectivity index (χ4n) is 0.274. The zero-order chi connectivity index (χ0) is 13.1. The van der Waals surface area contributed by atoms with Gasteiger partial charge >= 0.3 is 25.3 Å². The van der Waals surface area contributed by atoms with E-state index in [2.05, 4.69) is 50.5 Å². The van der Waals surface area contributed by atoms with Crippen LogP contribution in [-0.4, -0.2) is 0 Å². The van der Waals surface area contributed by atoms with Crippen molar-refractivity contribution in [1.82, 2.24) is 0 Å². The molecular weight excluding hydrogens is 339 g/mol. The summed E-state index contributed by atoms with van der Waals surface area (Å²) in [6.45, 7) is 0. The summed E-state index contributed by atoms with van der Waals surface area (Å²) in [7, 11) is 0. The first-order valence-corrected chi connectivity index (χ1v) is 5.39. The van der Waals surface area contributed by atoms with Crippen molar-refractivity contribution in [2.24, 2.45) is 0 Å². The van der Waals surface area contributed by atoms with Crippen molar-refractivity contribution in [3.8, 4) is 24.3 Å². The molecule has 87 valence electrons. The van der Waals surface area contributed by atoms with Crippen LogP contribution in [0.1, 0.15) is 0 Å². The standard InChI is InChI=1S/2C4H2N2S2.Co/c2*5-1-3(2-6)4(7)8;/h2*7-8H;/q;;+2/p+4. The molecule has 0 aromatic carbocycles. The maximum Gasteiger partial charge on any atom is 2.00 e. The molecule has 1 radical (unpaired) electrons. The largest absolute Gasteiger partial charge is 2.00 e. The molecule has 9 heteroatoms. The second-order valence-electron chi connectivity index (χ2n) is 1.95. The van der Waals surface area contributed by atoms with Gasteiger partial charge in [-0.05, 0) is 0 Å². The number of rotatable bonds is 0. The topological polar surface area (TPSA) is 95.2 Å². The van der Waals surface area contributed by atoms with Crippen molar-refractivity contribution < 1.29 is 16.8 Å². The first-order chi connectivity index (χ1) is 7.44.